The Morgan fingerprint density at radius 3 is 2.79 bits per heavy atom. The molecule has 0 N–H and O–H groups in total. The minimum atomic E-state index is 0.327. The quantitative estimate of drug-likeness (QED) is 0.675. The molecular formula is C12H20O2. The van der Waals surface area contributed by atoms with Crippen molar-refractivity contribution in [2.45, 2.75) is 51.6 Å². The molecule has 2 rings (SSSR count). The molecule has 0 aromatic heterocycles. The zero-order valence-electron chi connectivity index (χ0n) is 9.00. The van der Waals surface area contributed by atoms with E-state index in [2.05, 4.69) is 0 Å². The Morgan fingerprint density at radius 2 is 2.21 bits per heavy atom. The average Bonchev–Trinajstić information content (AvgIpc) is 2.79. The smallest absolute Gasteiger partial charge is 0.134 e. The molecule has 2 aliphatic carbocycles. The Bertz CT molecular complexity index is 212. The summed E-state index contributed by atoms with van der Waals surface area (Å²) in [5.74, 6) is 2.08. The van der Waals surface area contributed by atoms with Crippen LogP contribution in [0.2, 0.25) is 0 Å². The van der Waals surface area contributed by atoms with E-state index in [0.29, 0.717) is 31.3 Å². The molecule has 0 aromatic rings. The number of ketones is 1. The SMILES string of the molecule is CCC(=O)CCOC1CC2CCC1C2. The molecule has 0 amide bonds. The van der Waals surface area contributed by atoms with Crippen molar-refractivity contribution >= 4 is 5.78 Å². The lowest BCUT2D eigenvalue weighted by Crippen LogP contribution is -2.21. The molecule has 2 aliphatic rings. The summed E-state index contributed by atoms with van der Waals surface area (Å²) in [6, 6.07) is 0. The summed E-state index contributed by atoms with van der Waals surface area (Å²) in [7, 11) is 0. The molecule has 80 valence electrons. The first-order valence-corrected chi connectivity index (χ1v) is 5.93. The van der Waals surface area contributed by atoms with Gasteiger partial charge in [-0.1, -0.05) is 6.92 Å². The normalized spacial score (nSPS) is 35.1. The van der Waals surface area contributed by atoms with Crippen LogP contribution < -0.4 is 0 Å². The van der Waals surface area contributed by atoms with E-state index >= 15 is 0 Å². The maximum absolute atomic E-state index is 11.1. The van der Waals surface area contributed by atoms with Gasteiger partial charge in [-0.25, -0.2) is 0 Å². The standard InChI is InChI=1S/C12H20O2/c1-2-11(13)5-6-14-12-8-9-3-4-10(12)7-9/h9-10,12H,2-8H2,1H3. The molecule has 14 heavy (non-hydrogen) atoms. The minimum Gasteiger partial charge on any atom is -0.377 e. The summed E-state index contributed by atoms with van der Waals surface area (Å²) in [6.07, 6.45) is 7.16. The lowest BCUT2D eigenvalue weighted by atomic mass is 9.98. The van der Waals surface area contributed by atoms with Crippen LogP contribution in [0.1, 0.15) is 45.4 Å². The molecule has 2 bridgehead atoms. The zero-order valence-corrected chi connectivity index (χ0v) is 9.00. The Kier molecular flexibility index (Phi) is 3.22. The van der Waals surface area contributed by atoms with E-state index in [9.17, 15) is 4.79 Å². The highest BCUT2D eigenvalue weighted by Gasteiger charge is 2.39. The number of rotatable bonds is 5. The van der Waals surface area contributed by atoms with Crippen LogP contribution in [0.4, 0.5) is 0 Å². The first-order chi connectivity index (χ1) is 6.79. The van der Waals surface area contributed by atoms with Crippen LogP contribution in [-0.2, 0) is 9.53 Å². The Hall–Kier alpha value is -0.370. The second kappa shape index (κ2) is 4.43. The number of hydrogen-bond donors (Lipinski definition) is 0. The van der Waals surface area contributed by atoms with Gasteiger partial charge in [0.1, 0.15) is 5.78 Å². The molecule has 3 unspecified atom stereocenters. The fourth-order valence-corrected chi connectivity index (χ4v) is 2.89. The second-order valence-corrected chi connectivity index (χ2v) is 4.73. The highest BCUT2D eigenvalue weighted by atomic mass is 16.5. The zero-order chi connectivity index (χ0) is 9.97. The van der Waals surface area contributed by atoms with Crippen molar-refractivity contribution in [3.05, 3.63) is 0 Å². The van der Waals surface area contributed by atoms with E-state index < -0.39 is 0 Å². The first-order valence-electron chi connectivity index (χ1n) is 5.93. The number of hydrogen-bond acceptors (Lipinski definition) is 2. The van der Waals surface area contributed by atoms with Crippen LogP contribution in [0, 0.1) is 11.8 Å². The topological polar surface area (TPSA) is 26.3 Å². The van der Waals surface area contributed by atoms with Gasteiger partial charge < -0.3 is 4.74 Å². The van der Waals surface area contributed by atoms with Crippen LogP contribution >= 0.6 is 0 Å². The van der Waals surface area contributed by atoms with E-state index in [-0.39, 0.29) is 0 Å². The molecule has 0 radical (unpaired) electrons. The molecule has 0 saturated heterocycles. The van der Waals surface area contributed by atoms with Crippen molar-refractivity contribution in [1.82, 2.24) is 0 Å². The van der Waals surface area contributed by atoms with Gasteiger partial charge in [-0.05, 0) is 37.5 Å². The monoisotopic (exact) mass is 196 g/mol. The number of ether oxygens (including phenoxy) is 1. The summed E-state index contributed by atoms with van der Waals surface area (Å²) < 4.78 is 5.79. The Labute approximate surface area is 86.0 Å². The summed E-state index contributed by atoms with van der Waals surface area (Å²) in [6.45, 7) is 2.57. The van der Waals surface area contributed by atoms with E-state index in [1.807, 2.05) is 6.92 Å². The third kappa shape index (κ3) is 2.17. The third-order valence-corrected chi connectivity index (χ3v) is 3.78. The van der Waals surface area contributed by atoms with Crippen molar-refractivity contribution < 1.29 is 9.53 Å². The molecule has 2 saturated carbocycles. The van der Waals surface area contributed by atoms with Gasteiger partial charge in [-0.3, -0.25) is 4.79 Å². The summed E-state index contributed by atoms with van der Waals surface area (Å²) in [5.41, 5.74) is 0. The first kappa shape index (κ1) is 10.2. The Morgan fingerprint density at radius 1 is 1.36 bits per heavy atom. The van der Waals surface area contributed by atoms with Gasteiger partial charge in [0, 0.05) is 12.8 Å². The highest BCUT2D eigenvalue weighted by Crippen LogP contribution is 2.45. The van der Waals surface area contributed by atoms with E-state index in [1.165, 1.54) is 25.7 Å². The minimum absolute atomic E-state index is 0.327. The lowest BCUT2D eigenvalue weighted by Gasteiger charge is -2.21. The fourth-order valence-electron chi connectivity index (χ4n) is 2.89. The molecule has 2 heteroatoms. The molecule has 0 spiro atoms. The summed E-state index contributed by atoms with van der Waals surface area (Å²) in [5, 5.41) is 0. The maximum Gasteiger partial charge on any atom is 0.134 e. The van der Waals surface area contributed by atoms with Gasteiger partial charge in [0.15, 0.2) is 0 Å². The molecule has 2 nitrogen and oxygen atoms in total. The highest BCUT2D eigenvalue weighted by molar-refractivity contribution is 5.78. The largest absolute Gasteiger partial charge is 0.377 e. The summed E-state index contributed by atoms with van der Waals surface area (Å²) in [4.78, 5) is 11.1. The predicted molar refractivity (Wildman–Crippen MR) is 55.1 cm³/mol. The molecule has 0 heterocycles. The van der Waals surface area contributed by atoms with Gasteiger partial charge >= 0.3 is 0 Å². The maximum atomic E-state index is 11.1. The Balaban J connectivity index is 1.64. The second-order valence-electron chi connectivity index (χ2n) is 4.73. The predicted octanol–water partition coefficient (Wildman–Crippen LogP) is 2.56. The van der Waals surface area contributed by atoms with Crippen molar-refractivity contribution in [2.75, 3.05) is 6.61 Å². The van der Waals surface area contributed by atoms with Crippen molar-refractivity contribution in [2.24, 2.45) is 11.8 Å². The van der Waals surface area contributed by atoms with Gasteiger partial charge in [-0.15, -0.1) is 0 Å². The van der Waals surface area contributed by atoms with Gasteiger partial charge in [0.05, 0.1) is 12.7 Å². The third-order valence-electron chi connectivity index (χ3n) is 3.78. The van der Waals surface area contributed by atoms with E-state index in [0.717, 1.165) is 11.8 Å². The van der Waals surface area contributed by atoms with E-state index in [4.69, 9.17) is 4.74 Å². The number of carbonyl (C=O) groups excluding carboxylic acids is 1. The van der Waals surface area contributed by atoms with Crippen LogP contribution in [0.3, 0.4) is 0 Å². The number of fused-ring (bicyclic) bond motifs is 2. The van der Waals surface area contributed by atoms with Crippen LogP contribution in [0.25, 0.3) is 0 Å². The van der Waals surface area contributed by atoms with Crippen molar-refractivity contribution in [3.8, 4) is 0 Å². The number of carbonyl (C=O) groups is 1. The van der Waals surface area contributed by atoms with Crippen molar-refractivity contribution in [1.29, 1.82) is 0 Å². The molecule has 2 fully saturated rings. The van der Waals surface area contributed by atoms with Crippen LogP contribution in [-0.4, -0.2) is 18.5 Å². The molecule has 0 aliphatic heterocycles. The fraction of sp³-hybridized carbons (Fsp3) is 0.917. The number of Topliss-reactive ketones (excluding diaryl/α,β-unsaturated/α-hetero) is 1. The average molecular weight is 196 g/mol. The van der Waals surface area contributed by atoms with Crippen LogP contribution in [0.5, 0.6) is 0 Å². The molecular weight excluding hydrogens is 176 g/mol. The van der Waals surface area contributed by atoms with Crippen molar-refractivity contribution in [3.63, 3.8) is 0 Å². The lowest BCUT2D eigenvalue weighted by molar-refractivity contribution is -0.120. The molecule has 3 atom stereocenters. The van der Waals surface area contributed by atoms with Gasteiger partial charge in [0.2, 0.25) is 0 Å². The molecule has 0 aromatic carbocycles. The van der Waals surface area contributed by atoms with E-state index in [1.54, 1.807) is 0 Å². The van der Waals surface area contributed by atoms with Crippen LogP contribution in [0.15, 0.2) is 0 Å². The van der Waals surface area contributed by atoms with Gasteiger partial charge in [0.25, 0.3) is 0 Å². The van der Waals surface area contributed by atoms with Gasteiger partial charge in [-0.2, -0.15) is 0 Å². The summed E-state index contributed by atoms with van der Waals surface area (Å²) >= 11 is 0.